The van der Waals surface area contributed by atoms with Crippen molar-refractivity contribution in [2.75, 3.05) is 6.54 Å². The molecule has 3 rings (SSSR count). The minimum Gasteiger partial charge on any atom is -0.454 e. The number of aromatic nitrogens is 2. The third-order valence-corrected chi connectivity index (χ3v) is 4.07. The van der Waals surface area contributed by atoms with Crippen LogP contribution in [-0.2, 0) is 13.0 Å². The molecule has 0 atom stereocenters. The molecule has 0 aliphatic rings. The van der Waals surface area contributed by atoms with Crippen molar-refractivity contribution in [2.45, 2.75) is 33.2 Å². The number of rotatable bonds is 7. The predicted molar refractivity (Wildman–Crippen MR) is 96.6 cm³/mol. The number of hydrogen-bond acceptors (Lipinski definition) is 3. The Hall–Kier alpha value is -2.82. The number of furan rings is 1. The van der Waals surface area contributed by atoms with Gasteiger partial charge in [-0.15, -0.1) is 0 Å². The maximum atomic E-state index is 12.2. The van der Waals surface area contributed by atoms with E-state index in [0.717, 1.165) is 30.0 Å². The van der Waals surface area contributed by atoms with Crippen LogP contribution in [0.25, 0.3) is 0 Å². The van der Waals surface area contributed by atoms with Gasteiger partial charge in [-0.25, -0.2) is 0 Å². The van der Waals surface area contributed by atoms with E-state index in [0.29, 0.717) is 18.8 Å². The molecule has 3 aromatic rings. The highest BCUT2D eigenvalue weighted by Crippen LogP contribution is 2.12. The molecule has 0 saturated heterocycles. The second-order valence-electron chi connectivity index (χ2n) is 6.20. The van der Waals surface area contributed by atoms with Crippen molar-refractivity contribution in [3.63, 3.8) is 0 Å². The number of carbonyl (C=O) groups is 1. The number of hydrogen-bond donors (Lipinski definition) is 1. The summed E-state index contributed by atoms with van der Waals surface area (Å²) in [6, 6.07) is 15.8. The molecule has 1 amide bonds. The summed E-state index contributed by atoms with van der Waals surface area (Å²) in [5.41, 5.74) is 3.32. The highest BCUT2D eigenvalue weighted by Gasteiger charge is 2.12. The van der Waals surface area contributed by atoms with Gasteiger partial charge in [-0.2, -0.15) is 5.10 Å². The molecule has 0 bridgehead atoms. The molecule has 0 saturated carbocycles. The Bertz CT molecular complexity index is 834. The van der Waals surface area contributed by atoms with Crippen molar-refractivity contribution in [3.05, 3.63) is 77.0 Å². The topological polar surface area (TPSA) is 60.1 Å². The van der Waals surface area contributed by atoms with Gasteiger partial charge in [0.2, 0.25) is 0 Å². The molecule has 2 heterocycles. The van der Waals surface area contributed by atoms with E-state index >= 15 is 0 Å². The largest absolute Gasteiger partial charge is 0.454 e. The van der Waals surface area contributed by atoms with Crippen molar-refractivity contribution >= 4 is 5.91 Å². The maximum Gasteiger partial charge on any atom is 0.286 e. The van der Waals surface area contributed by atoms with Crippen LogP contribution >= 0.6 is 0 Å². The van der Waals surface area contributed by atoms with Crippen LogP contribution in [0.4, 0.5) is 0 Å². The summed E-state index contributed by atoms with van der Waals surface area (Å²) in [6.07, 6.45) is 1.84. The van der Waals surface area contributed by atoms with Crippen LogP contribution in [0.3, 0.4) is 0 Å². The van der Waals surface area contributed by atoms with E-state index in [-0.39, 0.29) is 5.91 Å². The SMILES string of the molecule is Cc1cc(C)n(Cc2ccc(C(=O)NCCCc3ccccc3)o2)n1. The minimum absolute atomic E-state index is 0.173. The van der Waals surface area contributed by atoms with E-state index in [4.69, 9.17) is 4.42 Å². The van der Waals surface area contributed by atoms with Gasteiger partial charge in [0.25, 0.3) is 5.91 Å². The van der Waals surface area contributed by atoms with Crippen LogP contribution in [0.1, 0.15) is 39.7 Å². The molecule has 1 aromatic carbocycles. The van der Waals surface area contributed by atoms with Crippen LogP contribution in [0.5, 0.6) is 0 Å². The average Bonchev–Trinajstić information content (AvgIpc) is 3.19. The molecule has 0 radical (unpaired) electrons. The van der Waals surface area contributed by atoms with Crippen molar-refractivity contribution < 1.29 is 9.21 Å². The first-order valence-electron chi connectivity index (χ1n) is 8.54. The number of amides is 1. The lowest BCUT2D eigenvalue weighted by Crippen LogP contribution is -2.24. The summed E-state index contributed by atoms with van der Waals surface area (Å²) >= 11 is 0. The van der Waals surface area contributed by atoms with Crippen LogP contribution in [0.2, 0.25) is 0 Å². The Morgan fingerprint density at radius 2 is 1.96 bits per heavy atom. The molecular formula is C20H23N3O2. The molecule has 0 aliphatic heterocycles. The van der Waals surface area contributed by atoms with Gasteiger partial charge in [0.1, 0.15) is 5.76 Å². The number of nitrogens with one attached hydrogen (secondary N) is 1. The molecule has 1 N–H and O–H groups in total. The third kappa shape index (κ3) is 4.59. The molecule has 25 heavy (non-hydrogen) atoms. The van der Waals surface area contributed by atoms with Gasteiger partial charge >= 0.3 is 0 Å². The maximum absolute atomic E-state index is 12.2. The lowest BCUT2D eigenvalue weighted by molar-refractivity contribution is 0.0923. The van der Waals surface area contributed by atoms with Gasteiger partial charge in [0.15, 0.2) is 5.76 Å². The quantitative estimate of drug-likeness (QED) is 0.671. The minimum atomic E-state index is -0.173. The zero-order valence-corrected chi connectivity index (χ0v) is 14.7. The van der Waals surface area contributed by atoms with E-state index in [1.165, 1.54) is 5.56 Å². The third-order valence-electron chi connectivity index (χ3n) is 4.07. The standard InChI is InChI=1S/C20H23N3O2/c1-15-13-16(2)23(22-15)14-18-10-11-19(25-18)20(24)21-12-6-9-17-7-4-3-5-8-17/h3-5,7-8,10-11,13H,6,9,12,14H2,1-2H3,(H,21,24). The highest BCUT2D eigenvalue weighted by molar-refractivity contribution is 5.91. The lowest BCUT2D eigenvalue weighted by Gasteiger charge is -2.04. The van der Waals surface area contributed by atoms with E-state index in [2.05, 4.69) is 22.5 Å². The van der Waals surface area contributed by atoms with E-state index < -0.39 is 0 Å². The number of aryl methyl sites for hydroxylation is 3. The first kappa shape index (κ1) is 17.0. The molecule has 0 spiro atoms. The van der Waals surface area contributed by atoms with Crippen molar-refractivity contribution in [3.8, 4) is 0 Å². The van der Waals surface area contributed by atoms with E-state index in [9.17, 15) is 4.79 Å². The van der Waals surface area contributed by atoms with Crippen molar-refractivity contribution in [1.29, 1.82) is 0 Å². The highest BCUT2D eigenvalue weighted by atomic mass is 16.4. The van der Waals surface area contributed by atoms with Gasteiger partial charge < -0.3 is 9.73 Å². The second-order valence-corrected chi connectivity index (χ2v) is 6.20. The summed E-state index contributed by atoms with van der Waals surface area (Å²) in [5, 5.41) is 7.31. The predicted octanol–water partition coefficient (Wildman–Crippen LogP) is 3.50. The van der Waals surface area contributed by atoms with Gasteiger partial charge in [-0.05, 0) is 50.5 Å². The molecule has 0 fully saturated rings. The lowest BCUT2D eigenvalue weighted by atomic mass is 10.1. The summed E-state index contributed by atoms with van der Waals surface area (Å²) < 4.78 is 7.53. The Labute approximate surface area is 147 Å². The fourth-order valence-electron chi connectivity index (χ4n) is 2.79. The molecule has 0 unspecified atom stereocenters. The fraction of sp³-hybridized carbons (Fsp3) is 0.300. The van der Waals surface area contributed by atoms with Crippen LogP contribution in [-0.4, -0.2) is 22.2 Å². The Kier molecular flexibility index (Phi) is 5.33. The van der Waals surface area contributed by atoms with Crippen molar-refractivity contribution in [2.24, 2.45) is 0 Å². The van der Waals surface area contributed by atoms with Gasteiger partial charge in [0, 0.05) is 12.2 Å². The molecular weight excluding hydrogens is 314 g/mol. The van der Waals surface area contributed by atoms with Gasteiger partial charge in [0.05, 0.1) is 12.2 Å². The zero-order valence-electron chi connectivity index (χ0n) is 14.7. The summed E-state index contributed by atoms with van der Waals surface area (Å²) in [6.45, 7) is 5.12. The Balaban J connectivity index is 1.48. The smallest absolute Gasteiger partial charge is 0.286 e. The van der Waals surface area contributed by atoms with Crippen molar-refractivity contribution in [1.82, 2.24) is 15.1 Å². The van der Waals surface area contributed by atoms with Gasteiger partial charge in [-0.1, -0.05) is 30.3 Å². The first-order chi connectivity index (χ1) is 12.1. The number of carbonyl (C=O) groups excluding carboxylic acids is 1. The molecule has 0 aliphatic carbocycles. The fourth-order valence-corrected chi connectivity index (χ4v) is 2.79. The van der Waals surface area contributed by atoms with E-state index in [1.807, 2.05) is 48.9 Å². The molecule has 2 aromatic heterocycles. The summed E-state index contributed by atoms with van der Waals surface area (Å²) in [5.74, 6) is 0.893. The van der Waals surface area contributed by atoms with Gasteiger partial charge in [-0.3, -0.25) is 9.48 Å². The number of nitrogens with zero attached hydrogens (tertiary/aromatic N) is 2. The summed E-state index contributed by atoms with van der Waals surface area (Å²) in [4.78, 5) is 12.2. The monoisotopic (exact) mass is 337 g/mol. The zero-order chi connectivity index (χ0) is 17.6. The average molecular weight is 337 g/mol. The van der Waals surface area contributed by atoms with Crippen LogP contribution in [0, 0.1) is 13.8 Å². The van der Waals surface area contributed by atoms with Crippen LogP contribution in [0.15, 0.2) is 52.9 Å². The Morgan fingerprint density at radius 3 is 2.68 bits per heavy atom. The van der Waals surface area contributed by atoms with Crippen LogP contribution < -0.4 is 5.32 Å². The summed E-state index contributed by atoms with van der Waals surface area (Å²) in [7, 11) is 0. The second kappa shape index (κ2) is 7.83. The first-order valence-corrected chi connectivity index (χ1v) is 8.54. The normalized spacial score (nSPS) is 10.8. The molecule has 5 heteroatoms. The molecule has 5 nitrogen and oxygen atoms in total. The van der Waals surface area contributed by atoms with E-state index in [1.54, 1.807) is 6.07 Å². The Morgan fingerprint density at radius 1 is 1.16 bits per heavy atom. The number of benzene rings is 1. The molecule has 130 valence electrons.